The van der Waals surface area contributed by atoms with E-state index in [9.17, 15) is 9.59 Å². The van der Waals surface area contributed by atoms with Crippen LogP contribution in [0.4, 0.5) is 0 Å². The summed E-state index contributed by atoms with van der Waals surface area (Å²) in [7, 11) is 0. The number of piperidine rings is 1. The Morgan fingerprint density at radius 3 is 2.59 bits per heavy atom. The third kappa shape index (κ3) is 3.18. The van der Waals surface area contributed by atoms with Crippen molar-refractivity contribution in [3.8, 4) is 0 Å². The Kier molecular flexibility index (Phi) is 4.57. The summed E-state index contributed by atoms with van der Waals surface area (Å²) in [6, 6.07) is 1.83. The van der Waals surface area contributed by atoms with Gasteiger partial charge in [-0.1, -0.05) is 13.8 Å². The first-order valence-corrected chi connectivity index (χ1v) is 10.2. The maximum absolute atomic E-state index is 12.8. The predicted octanol–water partition coefficient (Wildman–Crippen LogP) is 2.21. The molecule has 0 saturated carbocycles. The second-order valence-electron chi connectivity index (χ2n) is 9.11. The van der Waals surface area contributed by atoms with Crippen LogP contribution in [0, 0.1) is 31.6 Å². The van der Waals surface area contributed by atoms with Gasteiger partial charge < -0.3 is 19.5 Å². The van der Waals surface area contributed by atoms with Crippen molar-refractivity contribution in [2.75, 3.05) is 32.7 Å². The zero-order valence-electron chi connectivity index (χ0n) is 16.9. The van der Waals surface area contributed by atoms with E-state index in [1.54, 1.807) is 0 Å². The molecular weight excluding hydrogens is 342 g/mol. The number of rotatable bonds is 3. The van der Waals surface area contributed by atoms with Crippen LogP contribution < -0.4 is 5.32 Å². The summed E-state index contributed by atoms with van der Waals surface area (Å²) in [5.74, 6) is 2.50. The van der Waals surface area contributed by atoms with Gasteiger partial charge in [-0.15, -0.1) is 0 Å². The van der Waals surface area contributed by atoms with E-state index >= 15 is 0 Å². The molecule has 3 fully saturated rings. The molecule has 1 spiro atoms. The van der Waals surface area contributed by atoms with E-state index in [1.807, 2.05) is 24.8 Å². The Morgan fingerprint density at radius 1 is 1.30 bits per heavy atom. The van der Waals surface area contributed by atoms with Crippen LogP contribution in [0.25, 0.3) is 0 Å². The largest absolute Gasteiger partial charge is 0.456 e. The second-order valence-corrected chi connectivity index (χ2v) is 9.11. The van der Waals surface area contributed by atoms with E-state index in [0.717, 1.165) is 43.8 Å². The number of likely N-dealkylation sites (tertiary alicyclic amines) is 2. The molecule has 1 aromatic heterocycles. The lowest BCUT2D eigenvalue weighted by Crippen LogP contribution is -2.56. The molecule has 2 amide bonds. The number of furan rings is 1. The zero-order chi connectivity index (χ0) is 19.3. The molecule has 148 valence electrons. The quantitative estimate of drug-likeness (QED) is 0.882. The highest BCUT2D eigenvalue weighted by molar-refractivity contribution is 5.92. The summed E-state index contributed by atoms with van der Waals surface area (Å²) in [4.78, 5) is 29.7. The van der Waals surface area contributed by atoms with Crippen molar-refractivity contribution in [3.05, 3.63) is 23.2 Å². The average Bonchev–Trinajstić information content (AvgIpc) is 3.24. The summed E-state index contributed by atoms with van der Waals surface area (Å²) in [5, 5.41) is 3.33. The van der Waals surface area contributed by atoms with Gasteiger partial charge in [0.25, 0.3) is 5.91 Å². The smallest absolute Gasteiger partial charge is 0.289 e. The summed E-state index contributed by atoms with van der Waals surface area (Å²) in [6.07, 6.45) is 1.67. The highest BCUT2D eigenvalue weighted by atomic mass is 16.4. The van der Waals surface area contributed by atoms with E-state index in [4.69, 9.17) is 4.42 Å². The fraction of sp³-hybridized carbons (Fsp3) is 0.714. The Balaban J connectivity index is 1.43. The molecule has 2 atom stereocenters. The monoisotopic (exact) mass is 373 g/mol. The first-order chi connectivity index (χ1) is 12.8. The molecule has 6 heteroatoms. The zero-order valence-corrected chi connectivity index (χ0v) is 16.9. The van der Waals surface area contributed by atoms with Gasteiger partial charge in [-0.3, -0.25) is 9.59 Å². The number of hydrogen-bond donors (Lipinski definition) is 1. The van der Waals surface area contributed by atoms with Gasteiger partial charge in [0.15, 0.2) is 5.76 Å². The maximum Gasteiger partial charge on any atom is 0.289 e. The van der Waals surface area contributed by atoms with Gasteiger partial charge in [0.2, 0.25) is 5.91 Å². The number of carbonyl (C=O) groups excluding carboxylic acids is 2. The second kappa shape index (κ2) is 6.66. The maximum atomic E-state index is 12.8. The van der Waals surface area contributed by atoms with Crippen LogP contribution in [0.3, 0.4) is 0 Å². The van der Waals surface area contributed by atoms with Crippen LogP contribution in [0.15, 0.2) is 10.5 Å². The third-order valence-corrected chi connectivity index (χ3v) is 6.76. The van der Waals surface area contributed by atoms with Gasteiger partial charge in [-0.2, -0.15) is 0 Å². The van der Waals surface area contributed by atoms with Crippen LogP contribution in [-0.4, -0.2) is 59.9 Å². The van der Waals surface area contributed by atoms with Gasteiger partial charge in [0.1, 0.15) is 5.76 Å². The van der Waals surface area contributed by atoms with E-state index in [-0.39, 0.29) is 23.3 Å². The molecule has 3 aliphatic rings. The Bertz CT molecular complexity index is 726. The van der Waals surface area contributed by atoms with E-state index in [0.29, 0.717) is 30.7 Å². The van der Waals surface area contributed by atoms with Crippen LogP contribution in [0.1, 0.15) is 48.6 Å². The number of aryl methyl sites for hydroxylation is 2. The predicted molar refractivity (Wildman–Crippen MR) is 102 cm³/mol. The number of amides is 2. The molecule has 4 heterocycles. The summed E-state index contributed by atoms with van der Waals surface area (Å²) in [5.41, 5.74) is 0.869. The van der Waals surface area contributed by atoms with E-state index < -0.39 is 0 Å². The normalized spacial score (nSPS) is 27.4. The highest BCUT2D eigenvalue weighted by Gasteiger charge is 2.57. The number of fused-ring (bicyclic) bond motifs is 2. The number of hydrogen-bond acceptors (Lipinski definition) is 4. The summed E-state index contributed by atoms with van der Waals surface area (Å²) < 4.78 is 5.62. The molecule has 1 N–H and O–H groups in total. The summed E-state index contributed by atoms with van der Waals surface area (Å²) >= 11 is 0. The van der Waals surface area contributed by atoms with Gasteiger partial charge in [-0.05, 0) is 44.2 Å². The molecule has 1 aromatic rings. The molecule has 6 nitrogen and oxygen atoms in total. The van der Waals surface area contributed by atoms with Gasteiger partial charge in [0.05, 0.1) is 5.92 Å². The summed E-state index contributed by atoms with van der Waals surface area (Å²) in [6.45, 7) is 12.6. The van der Waals surface area contributed by atoms with Crippen molar-refractivity contribution in [2.24, 2.45) is 17.8 Å². The third-order valence-electron chi connectivity index (χ3n) is 6.76. The number of carbonyl (C=O) groups is 2. The molecule has 0 aliphatic carbocycles. The molecule has 0 bridgehead atoms. The minimum Gasteiger partial charge on any atom is -0.456 e. The first-order valence-electron chi connectivity index (χ1n) is 10.2. The van der Waals surface area contributed by atoms with Gasteiger partial charge in [0, 0.05) is 44.2 Å². The van der Waals surface area contributed by atoms with Gasteiger partial charge in [-0.25, -0.2) is 0 Å². The lowest BCUT2D eigenvalue weighted by atomic mass is 9.75. The van der Waals surface area contributed by atoms with E-state index in [2.05, 4.69) is 24.1 Å². The Hall–Kier alpha value is -1.82. The molecule has 0 radical (unpaired) electrons. The van der Waals surface area contributed by atoms with E-state index in [1.165, 1.54) is 0 Å². The highest BCUT2D eigenvalue weighted by Crippen LogP contribution is 2.44. The van der Waals surface area contributed by atoms with Crippen LogP contribution >= 0.6 is 0 Å². The van der Waals surface area contributed by atoms with Gasteiger partial charge >= 0.3 is 0 Å². The fourth-order valence-corrected chi connectivity index (χ4v) is 5.25. The lowest BCUT2D eigenvalue weighted by Gasteiger charge is -2.42. The minimum absolute atomic E-state index is 0.0326. The van der Waals surface area contributed by atoms with Crippen molar-refractivity contribution >= 4 is 11.8 Å². The van der Waals surface area contributed by atoms with Crippen LogP contribution in [0.2, 0.25) is 0 Å². The SMILES string of the molecule is Cc1cc(C(=O)N2CCC3(CC2)NC(=O)[C@@H]2CN(CC(C)C)C[C@@H]23)oc1C. The topological polar surface area (TPSA) is 65.8 Å². The number of nitrogens with one attached hydrogen (secondary N) is 1. The van der Waals surface area contributed by atoms with Crippen molar-refractivity contribution < 1.29 is 14.0 Å². The minimum atomic E-state index is -0.140. The molecular formula is C21H31N3O3. The fourth-order valence-electron chi connectivity index (χ4n) is 5.25. The number of nitrogens with zero attached hydrogens (tertiary/aromatic N) is 2. The molecule has 4 rings (SSSR count). The Morgan fingerprint density at radius 2 is 2.00 bits per heavy atom. The van der Waals surface area contributed by atoms with Crippen molar-refractivity contribution in [1.82, 2.24) is 15.1 Å². The first kappa shape index (κ1) is 18.5. The molecule has 3 saturated heterocycles. The molecule has 0 aromatic carbocycles. The Labute approximate surface area is 161 Å². The average molecular weight is 373 g/mol. The molecule has 3 aliphatic heterocycles. The standard InChI is InChI=1S/C21H31N3O3/c1-13(2)10-23-11-16-17(12-23)21(22-19(16)25)5-7-24(8-6-21)20(26)18-9-14(3)15(4)27-18/h9,13,16-17H,5-8,10-12H2,1-4H3,(H,22,25)/t16-,17+/m1/s1. The van der Waals surface area contributed by atoms with Crippen molar-refractivity contribution in [3.63, 3.8) is 0 Å². The van der Waals surface area contributed by atoms with Crippen LogP contribution in [-0.2, 0) is 4.79 Å². The van der Waals surface area contributed by atoms with Crippen molar-refractivity contribution in [2.45, 2.75) is 46.1 Å². The lowest BCUT2D eigenvalue weighted by molar-refractivity contribution is -0.123. The molecule has 27 heavy (non-hydrogen) atoms. The van der Waals surface area contributed by atoms with Crippen LogP contribution in [0.5, 0.6) is 0 Å². The molecule has 0 unspecified atom stereocenters. The van der Waals surface area contributed by atoms with Crippen molar-refractivity contribution in [1.29, 1.82) is 0 Å².